The molecule has 2 aliphatic heterocycles. The summed E-state index contributed by atoms with van der Waals surface area (Å²) in [5.41, 5.74) is 0.358. The second kappa shape index (κ2) is 9.16. The van der Waals surface area contributed by atoms with Gasteiger partial charge in [0.25, 0.3) is 0 Å². The Labute approximate surface area is 235 Å². The monoisotopic (exact) mass is 566 g/mol. The van der Waals surface area contributed by atoms with Crippen LogP contribution in [0, 0.1) is 34.9 Å². The molecule has 4 aliphatic rings. The number of halogens is 2. The van der Waals surface area contributed by atoms with Gasteiger partial charge in [0.05, 0.1) is 41.0 Å². The molecule has 2 aromatic carbocycles. The smallest absolute Gasteiger partial charge is 0.241 e. The SMILES string of the molecule is CCN1C(=O)[C@H]2[C@H](CC=C3[C@H]2C[C@H]2C(=O)N(c4ccc(F)c(Cl)c4)C(=O)[C@@]2(C)[C@H]3c2ccc(O)c(OC)c2)C1=O. The molecule has 0 aromatic heterocycles. The first-order valence-corrected chi connectivity index (χ1v) is 13.7. The van der Waals surface area contributed by atoms with E-state index in [1.165, 1.54) is 30.2 Å². The molecular weight excluding hydrogens is 539 g/mol. The summed E-state index contributed by atoms with van der Waals surface area (Å²) >= 11 is 6.02. The number of allylic oxidation sites excluding steroid dienone is 2. The predicted molar refractivity (Wildman–Crippen MR) is 143 cm³/mol. The minimum absolute atomic E-state index is 0.0791. The highest BCUT2D eigenvalue weighted by atomic mass is 35.5. The van der Waals surface area contributed by atoms with Crippen molar-refractivity contribution >= 4 is 40.9 Å². The van der Waals surface area contributed by atoms with Gasteiger partial charge in [-0.1, -0.05) is 29.3 Å². The largest absolute Gasteiger partial charge is 0.504 e. The first kappa shape index (κ1) is 26.5. The van der Waals surface area contributed by atoms with Crippen molar-refractivity contribution in [2.75, 3.05) is 18.6 Å². The van der Waals surface area contributed by atoms with Crippen molar-refractivity contribution in [1.82, 2.24) is 4.90 Å². The lowest BCUT2D eigenvalue weighted by atomic mass is 9.51. The number of hydrogen-bond donors (Lipinski definition) is 1. The van der Waals surface area contributed by atoms with E-state index in [1.54, 1.807) is 26.0 Å². The van der Waals surface area contributed by atoms with Crippen LogP contribution in [0.5, 0.6) is 11.5 Å². The number of hydrogen-bond acceptors (Lipinski definition) is 6. The molecule has 6 atom stereocenters. The van der Waals surface area contributed by atoms with Crippen molar-refractivity contribution in [1.29, 1.82) is 0 Å². The van der Waals surface area contributed by atoms with Gasteiger partial charge in [0.15, 0.2) is 11.5 Å². The summed E-state index contributed by atoms with van der Waals surface area (Å²) in [7, 11) is 1.42. The van der Waals surface area contributed by atoms with Gasteiger partial charge >= 0.3 is 0 Å². The number of phenolic OH excluding ortho intramolecular Hbond substituents is 1. The quantitative estimate of drug-likeness (QED) is 0.433. The Bertz CT molecular complexity index is 1520. The van der Waals surface area contributed by atoms with Gasteiger partial charge in [0, 0.05) is 12.5 Å². The molecule has 2 saturated heterocycles. The van der Waals surface area contributed by atoms with E-state index in [-0.39, 0.29) is 47.0 Å². The lowest BCUT2D eigenvalue weighted by Crippen LogP contribution is -2.48. The number of carbonyl (C=O) groups excluding carboxylic acids is 4. The van der Waals surface area contributed by atoms with Crippen LogP contribution in [0.15, 0.2) is 48.0 Å². The Hall–Kier alpha value is -3.72. The van der Waals surface area contributed by atoms with E-state index in [0.29, 0.717) is 12.0 Å². The van der Waals surface area contributed by atoms with Gasteiger partial charge in [0.2, 0.25) is 23.6 Å². The van der Waals surface area contributed by atoms with Crippen molar-refractivity contribution < 1.29 is 33.4 Å². The summed E-state index contributed by atoms with van der Waals surface area (Å²) in [6, 6.07) is 8.52. The number of likely N-dealkylation sites (tertiary alicyclic amines) is 1. The molecule has 4 amide bonds. The number of imide groups is 2. The maximum absolute atomic E-state index is 14.3. The fourth-order valence-corrected chi connectivity index (χ4v) is 7.69. The van der Waals surface area contributed by atoms with Crippen LogP contribution in [-0.2, 0) is 19.2 Å². The van der Waals surface area contributed by atoms with Crippen molar-refractivity contribution in [3.8, 4) is 11.5 Å². The highest BCUT2D eigenvalue weighted by Gasteiger charge is 2.67. The zero-order valence-corrected chi connectivity index (χ0v) is 22.9. The van der Waals surface area contributed by atoms with E-state index in [2.05, 4.69) is 0 Å². The summed E-state index contributed by atoms with van der Waals surface area (Å²) in [4.78, 5) is 57.3. The van der Waals surface area contributed by atoms with Crippen LogP contribution in [-0.4, -0.2) is 47.3 Å². The topological polar surface area (TPSA) is 104 Å². The number of amides is 4. The molecule has 2 heterocycles. The van der Waals surface area contributed by atoms with Crippen LogP contribution < -0.4 is 9.64 Å². The minimum atomic E-state index is -1.27. The predicted octanol–water partition coefficient (Wildman–Crippen LogP) is 4.44. The second-order valence-electron chi connectivity index (χ2n) is 11.1. The van der Waals surface area contributed by atoms with Gasteiger partial charge < -0.3 is 9.84 Å². The molecule has 6 rings (SSSR count). The number of carbonyl (C=O) groups is 4. The number of ether oxygens (including phenoxy) is 1. The summed E-state index contributed by atoms with van der Waals surface area (Å²) in [6.07, 6.45) is 2.52. The molecule has 0 radical (unpaired) electrons. The van der Waals surface area contributed by atoms with E-state index >= 15 is 0 Å². The van der Waals surface area contributed by atoms with E-state index < -0.39 is 52.6 Å². The first-order valence-electron chi connectivity index (χ1n) is 13.3. The number of phenols is 1. The van der Waals surface area contributed by atoms with Crippen LogP contribution in [0.25, 0.3) is 0 Å². The van der Waals surface area contributed by atoms with Crippen LogP contribution in [0.2, 0.25) is 5.02 Å². The van der Waals surface area contributed by atoms with Crippen LogP contribution in [0.1, 0.15) is 38.2 Å². The molecule has 208 valence electrons. The maximum Gasteiger partial charge on any atom is 0.241 e. The standard InChI is InChI=1S/C30H28ClFN2O6/c1-4-33-26(36)17-8-7-16-18(24(17)28(33)38)13-19-27(37)34(15-6-9-21(32)20(31)12-15)29(39)30(19,2)25(16)14-5-10-22(35)23(11-14)40-3/h5-7,9-12,17-19,24-25,35H,4,8,13H2,1-3H3/t17-,18+,19-,24-,25-,30+/m0/s1. The zero-order valence-electron chi connectivity index (χ0n) is 22.2. The first-order chi connectivity index (χ1) is 19.0. The summed E-state index contributed by atoms with van der Waals surface area (Å²) in [5, 5.41) is 10.1. The normalized spacial score (nSPS) is 31.2. The molecule has 2 aromatic rings. The lowest BCUT2D eigenvalue weighted by molar-refractivity contribution is -0.140. The van der Waals surface area contributed by atoms with Crippen molar-refractivity contribution in [2.24, 2.45) is 29.1 Å². The van der Waals surface area contributed by atoms with Crippen molar-refractivity contribution in [2.45, 2.75) is 32.6 Å². The molecule has 10 heteroatoms. The van der Waals surface area contributed by atoms with E-state index in [0.717, 1.165) is 16.5 Å². The summed E-state index contributed by atoms with van der Waals surface area (Å²) < 4.78 is 19.3. The number of rotatable bonds is 4. The molecule has 3 fully saturated rings. The highest BCUT2D eigenvalue weighted by molar-refractivity contribution is 6.31. The number of benzene rings is 2. The Kier molecular flexibility index (Phi) is 6.07. The van der Waals surface area contributed by atoms with E-state index in [1.807, 2.05) is 6.08 Å². The summed E-state index contributed by atoms with van der Waals surface area (Å²) in [5.74, 6) is -4.99. The van der Waals surface area contributed by atoms with Crippen LogP contribution >= 0.6 is 11.6 Å². The molecule has 2 aliphatic carbocycles. The molecule has 8 nitrogen and oxygen atoms in total. The average molecular weight is 567 g/mol. The average Bonchev–Trinajstić information content (AvgIpc) is 3.30. The van der Waals surface area contributed by atoms with Gasteiger partial charge in [0.1, 0.15) is 5.82 Å². The number of nitrogens with zero attached hydrogens (tertiary/aromatic N) is 2. The van der Waals surface area contributed by atoms with Crippen LogP contribution in [0.4, 0.5) is 10.1 Å². The molecular formula is C30H28ClFN2O6. The third kappa shape index (κ3) is 3.43. The number of anilines is 1. The lowest BCUT2D eigenvalue weighted by Gasteiger charge is -2.49. The van der Waals surface area contributed by atoms with E-state index in [4.69, 9.17) is 16.3 Å². The summed E-state index contributed by atoms with van der Waals surface area (Å²) in [6.45, 7) is 3.77. The Morgan fingerprint density at radius 3 is 2.50 bits per heavy atom. The Morgan fingerprint density at radius 1 is 1.07 bits per heavy atom. The minimum Gasteiger partial charge on any atom is -0.504 e. The van der Waals surface area contributed by atoms with Gasteiger partial charge in [-0.25, -0.2) is 9.29 Å². The molecule has 40 heavy (non-hydrogen) atoms. The van der Waals surface area contributed by atoms with Crippen molar-refractivity contribution in [3.63, 3.8) is 0 Å². The van der Waals surface area contributed by atoms with E-state index in [9.17, 15) is 28.7 Å². The molecule has 0 unspecified atom stereocenters. The number of aromatic hydroxyl groups is 1. The third-order valence-corrected chi connectivity index (χ3v) is 9.67. The van der Waals surface area contributed by atoms with Gasteiger partial charge in [-0.3, -0.25) is 24.1 Å². The van der Waals surface area contributed by atoms with Crippen LogP contribution in [0.3, 0.4) is 0 Å². The Balaban J connectivity index is 1.54. The Morgan fingerprint density at radius 2 is 1.82 bits per heavy atom. The van der Waals surface area contributed by atoms with Gasteiger partial charge in [-0.2, -0.15) is 0 Å². The fourth-order valence-electron chi connectivity index (χ4n) is 7.52. The molecule has 1 N–H and O–H groups in total. The maximum atomic E-state index is 14.3. The van der Waals surface area contributed by atoms with Crippen molar-refractivity contribution in [3.05, 3.63) is 64.5 Å². The second-order valence-corrected chi connectivity index (χ2v) is 11.5. The highest BCUT2D eigenvalue weighted by Crippen LogP contribution is 2.63. The number of fused-ring (bicyclic) bond motifs is 4. The molecule has 0 bridgehead atoms. The third-order valence-electron chi connectivity index (χ3n) is 9.38. The fraction of sp³-hybridized carbons (Fsp3) is 0.400. The molecule has 0 spiro atoms. The van der Waals surface area contributed by atoms with Gasteiger partial charge in [-0.15, -0.1) is 0 Å². The number of methoxy groups -OCH3 is 1. The zero-order chi connectivity index (χ0) is 28.7. The molecule has 1 saturated carbocycles. The van der Waals surface area contributed by atoms with Gasteiger partial charge in [-0.05, 0) is 68.5 Å².